The zero-order valence-electron chi connectivity index (χ0n) is 10.9. The molecule has 19 heavy (non-hydrogen) atoms. The minimum absolute atomic E-state index is 0.188. The van der Waals surface area contributed by atoms with E-state index >= 15 is 0 Å². The number of carbonyl (C=O) groups excluding carboxylic acids is 1. The molecule has 5 nitrogen and oxygen atoms in total. The number of carboxylic acids is 1. The Morgan fingerprint density at radius 3 is 2.53 bits per heavy atom. The lowest BCUT2D eigenvalue weighted by Gasteiger charge is -2.23. The third-order valence-corrected chi connectivity index (χ3v) is 2.63. The van der Waals surface area contributed by atoms with Crippen molar-refractivity contribution in [1.82, 2.24) is 5.32 Å². The Morgan fingerprint density at radius 1 is 1.42 bits per heavy atom. The van der Waals surface area contributed by atoms with Gasteiger partial charge in [0, 0.05) is 12.2 Å². The quantitative estimate of drug-likeness (QED) is 0.772. The summed E-state index contributed by atoms with van der Waals surface area (Å²) in [4.78, 5) is 24.6. The number of hydrogen-bond acceptors (Lipinski definition) is 2. The summed E-state index contributed by atoms with van der Waals surface area (Å²) in [6, 6.07) is 7.71. The number of nitrogens with zero attached hydrogens (tertiary/aromatic N) is 1. The van der Waals surface area contributed by atoms with Gasteiger partial charge in [0.2, 0.25) is 0 Å². The van der Waals surface area contributed by atoms with E-state index in [4.69, 9.17) is 5.11 Å². The normalized spacial score (nSPS) is 11.4. The maximum atomic E-state index is 12.1. The van der Waals surface area contributed by atoms with E-state index in [-0.39, 0.29) is 6.42 Å². The van der Waals surface area contributed by atoms with Gasteiger partial charge in [-0.05, 0) is 25.5 Å². The maximum Gasteiger partial charge on any atom is 0.326 e. The van der Waals surface area contributed by atoms with E-state index in [9.17, 15) is 9.59 Å². The second-order valence-corrected chi connectivity index (χ2v) is 3.94. The van der Waals surface area contributed by atoms with Crippen LogP contribution in [0.4, 0.5) is 10.5 Å². The predicted molar refractivity (Wildman–Crippen MR) is 74.2 cm³/mol. The van der Waals surface area contributed by atoms with E-state index in [2.05, 4.69) is 11.9 Å². The number of para-hydroxylation sites is 1. The van der Waals surface area contributed by atoms with Gasteiger partial charge in [-0.2, -0.15) is 0 Å². The van der Waals surface area contributed by atoms with Crippen molar-refractivity contribution in [2.45, 2.75) is 19.4 Å². The van der Waals surface area contributed by atoms with Crippen LogP contribution in [0.3, 0.4) is 0 Å². The van der Waals surface area contributed by atoms with E-state index in [1.54, 1.807) is 12.1 Å². The predicted octanol–water partition coefficient (Wildman–Crippen LogP) is 2.25. The summed E-state index contributed by atoms with van der Waals surface area (Å²) in [5, 5.41) is 11.5. The summed E-state index contributed by atoms with van der Waals surface area (Å²) in [5.74, 6) is -1.07. The van der Waals surface area contributed by atoms with Crippen molar-refractivity contribution in [2.24, 2.45) is 0 Å². The van der Waals surface area contributed by atoms with E-state index < -0.39 is 18.0 Å². The van der Waals surface area contributed by atoms with Gasteiger partial charge in [0.05, 0.1) is 0 Å². The van der Waals surface area contributed by atoms with Gasteiger partial charge in [-0.25, -0.2) is 9.59 Å². The van der Waals surface area contributed by atoms with Crippen molar-refractivity contribution in [1.29, 1.82) is 0 Å². The number of urea groups is 1. The highest BCUT2D eigenvalue weighted by Crippen LogP contribution is 2.13. The van der Waals surface area contributed by atoms with E-state index in [0.29, 0.717) is 6.54 Å². The Balaban J connectivity index is 2.79. The molecule has 0 aliphatic carbocycles. The summed E-state index contributed by atoms with van der Waals surface area (Å²) in [7, 11) is 0. The zero-order valence-corrected chi connectivity index (χ0v) is 10.9. The Kier molecular flexibility index (Phi) is 5.60. The highest BCUT2D eigenvalue weighted by atomic mass is 16.4. The molecule has 1 unspecified atom stereocenters. The average molecular weight is 262 g/mol. The van der Waals surface area contributed by atoms with Crippen LogP contribution in [0.2, 0.25) is 0 Å². The van der Waals surface area contributed by atoms with Crippen LogP contribution in [-0.4, -0.2) is 29.7 Å². The van der Waals surface area contributed by atoms with Gasteiger partial charge < -0.3 is 10.4 Å². The number of carbonyl (C=O) groups is 2. The molecule has 0 aromatic heterocycles. The van der Waals surface area contributed by atoms with Crippen LogP contribution in [0.1, 0.15) is 13.3 Å². The van der Waals surface area contributed by atoms with E-state index in [1.165, 1.54) is 11.0 Å². The standard InChI is InChI=1S/C14H18N2O3/c1-3-8-12(13(17)18)15-14(19)16(4-2)11-9-6-5-7-10-11/h3,5-7,9-10,12H,1,4,8H2,2H3,(H,15,19)(H,17,18). The number of hydrogen-bond donors (Lipinski definition) is 2. The van der Waals surface area contributed by atoms with Crippen LogP contribution >= 0.6 is 0 Å². The molecule has 5 heteroatoms. The second-order valence-electron chi connectivity index (χ2n) is 3.94. The third kappa shape index (κ3) is 4.13. The van der Waals surface area contributed by atoms with Gasteiger partial charge in [0.15, 0.2) is 0 Å². The molecule has 102 valence electrons. The van der Waals surface area contributed by atoms with Crippen molar-refractivity contribution in [3.8, 4) is 0 Å². The number of rotatable bonds is 6. The lowest BCUT2D eigenvalue weighted by molar-refractivity contribution is -0.139. The number of aliphatic carboxylic acids is 1. The molecular weight excluding hydrogens is 244 g/mol. The molecule has 0 aliphatic heterocycles. The number of benzene rings is 1. The van der Waals surface area contributed by atoms with Gasteiger partial charge in [0.1, 0.15) is 6.04 Å². The molecule has 0 saturated carbocycles. The van der Waals surface area contributed by atoms with E-state index in [1.807, 2.05) is 25.1 Å². The SMILES string of the molecule is C=CCC(NC(=O)N(CC)c1ccccc1)C(=O)O. The summed E-state index contributed by atoms with van der Waals surface area (Å²) in [6.45, 7) is 5.77. The first-order valence-corrected chi connectivity index (χ1v) is 6.07. The Hall–Kier alpha value is -2.30. The van der Waals surface area contributed by atoms with Crippen LogP contribution in [0.25, 0.3) is 0 Å². The minimum atomic E-state index is -1.07. The molecule has 0 spiro atoms. The highest BCUT2D eigenvalue weighted by Gasteiger charge is 2.21. The van der Waals surface area contributed by atoms with Gasteiger partial charge in [-0.3, -0.25) is 4.90 Å². The van der Waals surface area contributed by atoms with Crippen LogP contribution in [0.5, 0.6) is 0 Å². The van der Waals surface area contributed by atoms with Crippen LogP contribution < -0.4 is 10.2 Å². The Morgan fingerprint density at radius 2 is 2.05 bits per heavy atom. The third-order valence-electron chi connectivity index (χ3n) is 2.63. The average Bonchev–Trinajstić information content (AvgIpc) is 2.40. The van der Waals surface area contributed by atoms with Crippen molar-refractivity contribution in [2.75, 3.05) is 11.4 Å². The summed E-state index contributed by atoms with van der Waals surface area (Å²) in [6.07, 6.45) is 1.66. The van der Waals surface area contributed by atoms with Crippen molar-refractivity contribution >= 4 is 17.7 Å². The summed E-state index contributed by atoms with van der Waals surface area (Å²) < 4.78 is 0. The molecule has 2 amide bonds. The fourth-order valence-corrected chi connectivity index (χ4v) is 1.67. The topological polar surface area (TPSA) is 69.6 Å². The fourth-order valence-electron chi connectivity index (χ4n) is 1.67. The largest absolute Gasteiger partial charge is 0.480 e. The molecule has 0 bridgehead atoms. The highest BCUT2D eigenvalue weighted by molar-refractivity contribution is 5.94. The van der Waals surface area contributed by atoms with E-state index in [0.717, 1.165) is 5.69 Å². The van der Waals surface area contributed by atoms with Crippen LogP contribution in [0.15, 0.2) is 43.0 Å². The fraction of sp³-hybridized carbons (Fsp3) is 0.286. The molecule has 1 rings (SSSR count). The lowest BCUT2D eigenvalue weighted by atomic mass is 10.2. The molecule has 1 aromatic carbocycles. The van der Waals surface area contributed by atoms with Crippen molar-refractivity contribution in [3.05, 3.63) is 43.0 Å². The van der Waals surface area contributed by atoms with Gasteiger partial charge >= 0.3 is 12.0 Å². The molecule has 0 aliphatic rings. The number of carboxylic acid groups (broad SMARTS) is 1. The summed E-state index contributed by atoms with van der Waals surface area (Å²) in [5.41, 5.74) is 0.727. The van der Waals surface area contributed by atoms with Gasteiger partial charge in [-0.1, -0.05) is 24.3 Å². The molecule has 0 heterocycles. The second kappa shape index (κ2) is 7.20. The number of nitrogens with one attached hydrogen (secondary N) is 1. The van der Waals surface area contributed by atoms with Gasteiger partial charge in [0.25, 0.3) is 0 Å². The van der Waals surface area contributed by atoms with Crippen molar-refractivity contribution < 1.29 is 14.7 Å². The molecular formula is C14H18N2O3. The first-order chi connectivity index (χ1) is 9.10. The molecule has 1 aromatic rings. The number of anilines is 1. The monoisotopic (exact) mass is 262 g/mol. The molecule has 0 saturated heterocycles. The smallest absolute Gasteiger partial charge is 0.326 e. The summed E-state index contributed by atoms with van der Waals surface area (Å²) >= 11 is 0. The Bertz CT molecular complexity index is 445. The first kappa shape index (κ1) is 14.8. The Labute approximate surface area is 112 Å². The van der Waals surface area contributed by atoms with Crippen LogP contribution in [-0.2, 0) is 4.79 Å². The molecule has 1 atom stereocenters. The minimum Gasteiger partial charge on any atom is -0.480 e. The molecule has 0 radical (unpaired) electrons. The molecule has 2 N–H and O–H groups in total. The first-order valence-electron chi connectivity index (χ1n) is 6.07. The van der Waals surface area contributed by atoms with Gasteiger partial charge in [-0.15, -0.1) is 6.58 Å². The zero-order chi connectivity index (χ0) is 14.3. The lowest BCUT2D eigenvalue weighted by Crippen LogP contribution is -2.48. The molecule has 0 fully saturated rings. The van der Waals surface area contributed by atoms with Crippen molar-refractivity contribution in [3.63, 3.8) is 0 Å². The van der Waals surface area contributed by atoms with Crippen LogP contribution in [0, 0.1) is 0 Å². The number of amides is 2. The maximum absolute atomic E-state index is 12.1.